The van der Waals surface area contributed by atoms with Crippen molar-refractivity contribution >= 4 is 10.9 Å². The molecule has 1 heterocycles. The maximum atomic E-state index is 4.71. The number of aromatic nitrogens is 2. The predicted molar refractivity (Wildman–Crippen MR) is 91.6 cm³/mol. The van der Waals surface area contributed by atoms with Crippen molar-refractivity contribution < 1.29 is 4.57 Å². The number of benzene rings is 2. The minimum absolute atomic E-state index is 0.628. The van der Waals surface area contributed by atoms with E-state index in [1.165, 1.54) is 27.8 Å². The van der Waals surface area contributed by atoms with Crippen LogP contribution >= 0.6 is 0 Å². The summed E-state index contributed by atoms with van der Waals surface area (Å²) in [7, 11) is 2.07. The van der Waals surface area contributed by atoms with E-state index in [2.05, 4.69) is 74.9 Å². The molecule has 2 aromatic carbocycles. The van der Waals surface area contributed by atoms with E-state index >= 15 is 0 Å². The normalized spacial score (nSPS) is 11.3. The lowest BCUT2D eigenvalue weighted by Crippen LogP contribution is -2.32. The van der Waals surface area contributed by atoms with E-state index in [1.807, 2.05) is 6.33 Å². The maximum absolute atomic E-state index is 4.71. The van der Waals surface area contributed by atoms with Crippen LogP contribution in [0.2, 0.25) is 0 Å². The van der Waals surface area contributed by atoms with Crippen LogP contribution in [-0.4, -0.2) is 4.98 Å². The quantitative estimate of drug-likeness (QED) is 0.660. The average molecular weight is 291 g/mol. The van der Waals surface area contributed by atoms with Crippen molar-refractivity contribution in [2.24, 2.45) is 13.0 Å². The molecule has 3 aromatic rings. The van der Waals surface area contributed by atoms with Crippen LogP contribution in [-0.2, 0) is 13.5 Å². The van der Waals surface area contributed by atoms with Gasteiger partial charge in [0.25, 0.3) is 6.33 Å². The monoisotopic (exact) mass is 291 g/mol. The molecule has 22 heavy (non-hydrogen) atoms. The van der Waals surface area contributed by atoms with Crippen LogP contribution in [0, 0.1) is 12.8 Å². The standard InChI is InChI=1S/C20H23N2/c1-14(2)12-16-9-7-11-18-19(16)21-13-22(4)20(18)17-10-6-5-8-15(17)3/h5-11,13-14H,12H2,1-4H3/q+1. The lowest BCUT2D eigenvalue weighted by Gasteiger charge is -2.11. The number of para-hydroxylation sites is 1. The number of hydrogen-bond acceptors (Lipinski definition) is 1. The number of fused-ring (bicyclic) bond motifs is 1. The molecule has 112 valence electrons. The van der Waals surface area contributed by atoms with Crippen molar-refractivity contribution in [2.45, 2.75) is 27.2 Å². The molecule has 0 N–H and O–H groups in total. The molecule has 1 aromatic heterocycles. The Hall–Kier alpha value is -2.22. The molecule has 0 aliphatic carbocycles. The molecule has 3 rings (SSSR count). The minimum Gasteiger partial charge on any atom is -0.232 e. The molecule has 2 heteroatoms. The Labute approximate surface area is 132 Å². The fourth-order valence-electron chi connectivity index (χ4n) is 3.11. The summed E-state index contributed by atoms with van der Waals surface area (Å²) in [4.78, 5) is 4.71. The molecular formula is C20H23N2+. The number of hydrogen-bond donors (Lipinski definition) is 0. The smallest absolute Gasteiger partial charge is 0.232 e. The highest BCUT2D eigenvalue weighted by Crippen LogP contribution is 2.28. The maximum Gasteiger partial charge on any atom is 0.287 e. The van der Waals surface area contributed by atoms with E-state index in [0.29, 0.717) is 5.92 Å². The van der Waals surface area contributed by atoms with Gasteiger partial charge in [0.15, 0.2) is 5.52 Å². The van der Waals surface area contributed by atoms with E-state index in [4.69, 9.17) is 4.98 Å². The number of rotatable bonds is 3. The summed E-state index contributed by atoms with van der Waals surface area (Å²) >= 11 is 0. The third-order valence-corrected chi connectivity index (χ3v) is 4.12. The molecule has 0 saturated carbocycles. The Balaban J connectivity index is 2.31. The molecule has 0 aliphatic heterocycles. The van der Waals surface area contributed by atoms with Crippen molar-refractivity contribution in [2.75, 3.05) is 0 Å². The molecule has 0 amide bonds. The fourth-order valence-corrected chi connectivity index (χ4v) is 3.11. The Morgan fingerprint density at radius 3 is 2.55 bits per heavy atom. The third-order valence-electron chi connectivity index (χ3n) is 4.12. The highest BCUT2D eigenvalue weighted by Gasteiger charge is 2.18. The Morgan fingerprint density at radius 1 is 1.05 bits per heavy atom. The Morgan fingerprint density at radius 2 is 1.82 bits per heavy atom. The van der Waals surface area contributed by atoms with Crippen LogP contribution in [0.3, 0.4) is 0 Å². The van der Waals surface area contributed by atoms with E-state index in [-0.39, 0.29) is 0 Å². The topological polar surface area (TPSA) is 16.8 Å². The molecule has 0 radical (unpaired) electrons. The molecule has 0 unspecified atom stereocenters. The van der Waals surface area contributed by atoms with Gasteiger partial charge >= 0.3 is 0 Å². The summed E-state index contributed by atoms with van der Waals surface area (Å²) in [6, 6.07) is 15.1. The van der Waals surface area contributed by atoms with Gasteiger partial charge in [-0.15, -0.1) is 0 Å². The number of nitrogens with zero attached hydrogens (tertiary/aromatic N) is 2. The van der Waals surface area contributed by atoms with Crippen LogP contribution in [0.1, 0.15) is 25.0 Å². The lowest BCUT2D eigenvalue weighted by atomic mass is 9.96. The zero-order valence-corrected chi connectivity index (χ0v) is 13.8. The molecule has 0 aliphatic rings. The Bertz CT molecular complexity index is 819. The van der Waals surface area contributed by atoms with Crippen LogP contribution in [0.15, 0.2) is 48.8 Å². The van der Waals surface area contributed by atoms with E-state index in [1.54, 1.807) is 0 Å². The van der Waals surface area contributed by atoms with Crippen LogP contribution < -0.4 is 4.57 Å². The highest BCUT2D eigenvalue weighted by molar-refractivity contribution is 5.93. The SMILES string of the molecule is Cc1ccccc1-c1c2cccc(CC(C)C)c2nc[n+]1C. The van der Waals surface area contributed by atoms with Crippen molar-refractivity contribution in [3.05, 3.63) is 59.9 Å². The third kappa shape index (κ3) is 2.61. The summed E-state index contributed by atoms with van der Waals surface area (Å²) in [5.74, 6) is 0.628. The Kier molecular flexibility index (Phi) is 3.93. The van der Waals surface area contributed by atoms with E-state index < -0.39 is 0 Å². The molecular weight excluding hydrogens is 268 g/mol. The van der Waals surface area contributed by atoms with Gasteiger partial charge in [-0.1, -0.05) is 50.2 Å². The first-order valence-corrected chi connectivity index (χ1v) is 7.90. The first-order valence-electron chi connectivity index (χ1n) is 7.90. The summed E-state index contributed by atoms with van der Waals surface area (Å²) in [5.41, 5.74) is 6.28. The average Bonchev–Trinajstić information content (AvgIpc) is 2.48. The van der Waals surface area contributed by atoms with Gasteiger partial charge in [0, 0.05) is 11.1 Å². The zero-order chi connectivity index (χ0) is 15.7. The van der Waals surface area contributed by atoms with Gasteiger partial charge in [-0.2, -0.15) is 0 Å². The van der Waals surface area contributed by atoms with Gasteiger partial charge in [-0.3, -0.25) is 0 Å². The summed E-state index contributed by atoms with van der Waals surface area (Å²) in [5, 5.41) is 1.23. The van der Waals surface area contributed by atoms with E-state index in [9.17, 15) is 0 Å². The van der Waals surface area contributed by atoms with Gasteiger partial charge in [0.2, 0.25) is 0 Å². The zero-order valence-electron chi connectivity index (χ0n) is 13.8. The van der Waals surface area contributed by atoms with Gasteiger partial charge in [-0.05, 0) is 35.9 Å². The first-order chi connectivity index (χ1) is 10.6. The van der Waals surface area contributed by atoms with E-state index in [0.717, 1.165) is 11.9 Å². The van der Waals surface area contributed by atoms with Crippen molar-refractivity contribution in [3.63, 3.8) is 0 Å². The van der Waals surface area contributed by atoms with Gasteiger partial charge in [0.1, 0.15) is 5.69 Å². The molecule has 0 fully saturated rings. The second-order valence-electron chi connectivity index (χ2n) is 6.43. The van der Waals surface area contributed by atoms with Gasteiger partial charge < -0.3 is 0 Å². The molecule has 0 atom stereocenters. The molecule has 2 nitrogen and oxygen atoms in total. The molecule has 0 bridgehead atoms. The largest absolute Gasteiger partial charge is 0.287 e. The van der Waals surface area contributed by atoms with Crippen molar-refractivity contribution in [3.8, 4) is 11.3 Å². The number of aryl methyl sites for hydroxylation is 2. The second-order valence-corrected chi connectivity index (χ2v) is 6.43. The van der Waals surface area contributed by atoms with Gasteiger partial charge in [0.05, 0.1) is 12.4 Å². The van der Waals surface area contributed by atoms with Crippen molar-refractivity contribution in [1.82, 2.24) is 4.98 Å². The predicted octanol–water partition coefficient (Wildman–Crippen LogP) is 4.23. The fraction of sp³-hybridized carbons (Fsp3) is 0.300. The van der Waals surface area contributed by atoms with Crippen LogP contribution in [0.5, 0.6) is 0 Å². The van der Waals surface area contributed by atoms with Crippen LogP contribution in [0.25, 0.3) is 22.2 Å². The summed E-state index contributed by atoms with van der Waals surface area (Å²) in [6.45, 7) is 6.67. The minimum atomic E-state index is 0.628. The summed E-state index contributed by atoms with van der Waals surface area (Å²) < 4.78 is 2.13. The first kappa shape index (κ1) is 14.7. The lowest BCUT2D eigenvalue weighted by molar-refractivity contribution is -0.662. The van der Waals surface area contributed by atoms with Crippen LogP contribution in [0.4, 0.5) is 0 Å². The van der Waals surface area contributed by atoms with Gasteiger partial charge in [-0.25, -0.2) is 4.57 Å². The van der Waals surface area contributed by atoms with Crippen molar-refractivity contribution in [1.29, 1.82) is 0 Å². The summed E-state index contributed by atoms with van der Waals surface area (Å²) in [6.07, 6.45) is 3.00. The molecule has 0 saturated heterocycles. The second kappa shape index (κ2) is 5.88. The highest BCUT2D eigenvalue weighted by atomic mass is 15.0. The molecule has 0 spiro atoms.